The number of hydrogen-bond acceptors (Lipinski definition) is 2. The lowest BCUT2D eigenvalue weighted by atomic mass is 9.84. The minimum atomic E-state index is -0.0324. The van der Waals surface area contributed by atoms with Crippen LogP contribution in [-0.4, -0.2) is 18.5 Å². The van der Waals surface area contributed by atoms with Gasteiger partial charge in [-0.2, -0.15) is 0 Å². The highest BCUT2D eigenvalue weighted by molar-refractivity contribution is 5.96. The third-order valence-corrected chi connectivity index (χ3v) is 4.21. The van der Waals surface area contributed by atoms with Crippen LogP contribution >= 0.6 is 0 Å². The van der Waals surface area contributed by atoms with E-state index in [2.05, 4.69) is 24.1 Å². The normalized spacial score (nSPS) is 16.7. The van der Waals surface area contributed by atoms with Crippen molar-refractivity contribution in [1.29, 1.82) is 0 Å². The first-order valence-electron chi connectivity index (χ1n) is 7.81. The molecule has 1 fully saturated rings. The maximum Gasteiger partial charge on any atom is 0.252 e. The molecule has 1 saturated carbocycles. The Hall–Kier alpha value is -1.79. The molecule has 1 aliphatic rings. The van der Waals surface area contributed by atoms with Gasteiger partial charge in [0.05, 0.1) is 12.1 Å². The van der Waals surface area contributed by atoms with E-state index in [1.54, 1.807) is 0 Å². The SMILES string of the molecule is CC(NC(=O)c1ccccc1C#CCN)C1CCCCC1. The average molecular weight is 284 g/mol. The van der Waals surface area contributed by atoms with Crippen LogP contribution in [0.2, 0.25) is 0 Å². The van der Waals surface area contributed by atoms with Gasteiger partial charge < -0.3 is 11.1 Å². The van der Waals surface area contributed by atoms with Gasteiger partial charge in [-0.05, 0) is 37.8 Å². The molecule has 0 saturated heterocycles. The van der Waals surface area contributed by atoms with Crippen molar-refractivity contribution in [2.24, 2.45) is 11.7 Å². The molecule has 2 rings (SSSR count). The van der Waals surface area contributed by atoms with Crippen molar-refractivity contribution in [3.8, 4) is 11.8 Å². The third kappa shape index (κ3) is 4.34. The molecule has 1 unspecified atom stereocenters. The van der Waals surface area contributed by atoms with Crippen LogP contribution in [0.3, 0.4) is 0 Å². The molecule has 0 radical (unpaired) electrons. The zero-order valence-electron chi connectivity index (χ0n) is 12.7. The van der Waals surface area contributed by atoms with Crippen LogP contribution in [0.25, 0.3) is 0 Å². The third-order valence-electron chi connectivity index (χ3n) is 4.21. The van der Waals surface area contributed by atoms with Crippen LogP contribution in [-0.2, 0) is 0 Å². The van der Waals surface area contributed by atoms with E-state index >= 15 is 0 Å². The van der Waals surface area contributed by atoms with E-state index in [9.17, 15) is 4.79 Å². The van der Waals surface area contributed by atoms with Crippen LogP contribution in [0.4, 0.5) is 0 Å². The molecule has 1 aliphatic carbocycles. The predicted octanol–water partition coefficient (Wildman–Crippen LogP) is 2.70. The van der Waals surface area contributed by atoms with E-state index in [1.165, 1.54) is 32.1 Å². The largest absolute Gasteiger partial charge is 0.349 e. The van der Waals surface area contributed by atoms with Gasteiger partial charge in [0.1, 0.15) is 0 Å². The first kappa shape index (κ1) is 15.6. The second kappa shape index (κ2) is 7.85. The Balaban J connectivity index is 2.05. The van der Waals surface area contributed by atoms with Crippen molar-refractivity contribution in [1.82, 2.24) is 5.32 Å². The summed E-state index contributed by atoms with van der Waals surface area (Å²) in [7, 11) is 0. The van der Waals surface area contributed by atoms with Gasteiger partial charge in [-0.25, -0.2) is 0 Å². The Kier molecular flexibility index (Phi) is 5.83. The topological polar surface area (TPSA) is 55.1 Å². The molecule has 0 heterocycles. The summed E-state index contributed by atoms with van der Waals surface area (Å²) in [6, 6.07) is 7.66. The van der Waals surface area contributed by atoms with Gasteiger partial charge in [0.25, 0.3) is 5.91 Å². The lowest BCUT2D eigenvalue weighted by molar-refractivity contribution is 0.0919. The Bertz CT molecular complexity index is 536. The predicted molar refractivity (Wildman–Crippen MR) is 85.9 cm³/mol. The van der Waals surface area contributed by atoms with E-state index in [-0.39, 0.29) is 11.9 Å². The maximum absolute atomic E-state index is 12.5. The molecule has 3 N–H and O–H groups in total. The first-order valence-corrected chi connectivity index (χ1v) is 7.81. The zero-order chi connectivity index (χ0) is 15.1. The summed E-state index contributed by atoms with van der Waals surface area (Å²) in [6.07, 6.45) is 6.33. The number of hydrogen-bond donors (Lipinski definition) is 2. The van der Waals surface area contributed by atoms with Gasteiger partial charge in [0, 0.05) is 11.6 Å². The average Bonchev–Trinajstić information content (AvgIpc) is 2.54. The Morgan fingerprint density at radius 1 is 1.33 bits per heavy atom. The molecule has 0 bridgehead atoms. The summed E-state index contributed by atoms with van der Waals surface area (Å²) in [5, 5.41) is 3.14. The van der Waals surface area contributed by atoms with E-state index < -0.39 is 0 Å². The fourth-order valence-electron chi connectivity index (χ4n) is 2.97. The summed E-state index contributed by atoms with van der Waals surface area (Å²) < 4.78 is 0. The minimum absolute atomic E-state index is 0.0324. The molecule has 3 heteroatoms. The molecule has 1 atom stereocenters. The molecule has 1 aromatic carbocycles. The molecular formula is C18H24N2O. The summed E-state index contributed by atoms with van der Waals surface area (Å²) in [6.45, 7) is 2.41. The van der Waals surface area contributed by atoms with Crippen LogP contribution in [0.1, 0.15) is 54.9 Å². The highest BCUT2D eigenvalue weighted by atomic mass is 16.1. The fraction of sp³-hybridized carbons (Fsp3) is 0.500. The van der Waals surface area contributed by atoms with Gasteiger partial charge in [0.15, 0.2) is 0 Å². The molecule has 21 heavy (non-hydrogen) atoms. The lowest BCUT2D eigenvalue weighted by Crippen LogP contribution is -2.39. The first-order chi connectivity index (χ1) is 10.2. The molecule has 0 aromatic heterocycles. The van der Waals surface area contributed by atoms with Gasteiger partial charge in [-0.1, -0.05) is 43.2 Å². The molecular weight excluding hydrogens is 260 g/mol. The van der Waals surface area contributed by atoms with E-state index in [4.69, 9.17) is 5.73 Å². The van der Waals surface area contributed by atoms with Crippen molar-refractivity contribution < 1.29 is 4.79 Å². The molecule has 0 spiro atoms. The van der Waals surface area contributed by atoms with E-state index in [0.717, 1.165) is 5.56 Å². The molecule has 3 nitrogen and oxygen atoms in total. The molecule has 0 aliphatic heterocycles. The van der Waals surface area contributed by atoms with Gasteiger partial charge in [0.2, 0.25) is 0 Å². The zero-order valence-corrected chi connectivity index (χ0v) is 12.7. The second-order valence-electron chi connectivity index (χ2n) is 5.71. The lowest BCUT2D eigenvalue weighted by Gasteiger charge is -2.28. The molecule has 1 amide bonds. The molecule has 1 aromatic rings. The Morgan fingerprint density at radius 2 is 2.05 bits per heavy atom. The summed E-state index contributed by atoms with van der Waals surface area (Å²) in [5.74, 6) is 6.35. The number of nitrogens with one attached hydrogen (secondary N) is 1. The van der Waals surface area contributed by atoms with Gasteiger partial charge >= 0.3 is 0 Å². The number of rotatable bonds is 3. The van der Waals surface area contributed by atoms with Crippen LogP contribution in [0.5, 0.6) is 0 Å². The second-order valence-corrected chi connectivity index (χ2v) is 5.71. The standard InChI is InChI=1S/C18H24N2O/c1-14(15-8-3-2-4-9-15)20-18(21)17-12-6-5-10-16(17)11-7-13-19/h5-6,10,12,14-15H,2-4,8-9,13,19H2,1H3,(H,20,21). The van der Waals surface area contributed by atoms with Crippen molar-refractivity contribution in [3.63, 3.8) is 0 Å². The monoisotopic (exact) mass is 284 g/mol. The summed E-state index contributed by atoms with van der Waals surface area (Å²) in [5.41, 5.74) is 6.79. The summed E-state index contributed by atoms with van der Waals surface area (Å²) in [4.78, 5) is 12.5. The minimum Gasteiger partial charge on any atom is -0.349 e. The number of carbonyl (C=O) groups is 1. The van der Waals surface area contributed by atoms with Crippen molar-refractivity contribution >= 4 is 5.91 Å². The number of amides is 1. The van der Waals surface area contributed by atoms with Crippen molar-refractivity contribution in [2.75, 3.05) is 6.54 Å². The molecule has 112 valence electrons. The van der Waals surface area contributed by atoms with E-state index in [1.807, 2.05) is 24.3 Å². The number of nitrogens with two attached hydrogens (primary N) is 1. The quantitative estimate of drug-likeness (QED) is 0.839. The van der Waals surface area contributed by atoms with Crippen molar-refractivity contribution in [3.05, 3.63) is 35.4 Å². The maximum atomic E-state index is 12.5. The van der Waals surface area contributed by atoms with E-state index in [0.29, 0.717) is 18.0 Å². The van der Waals surface area contributed by atoms with Crippen LogP contribution in [0.15, 0.2) is 24.3 Å². The highest BCUT2D eigenvalue weighted by Crippen LogP contribution is 2.26. The fourth-order valence-corrected chi connectivity index (χ4v) is 2.97. The summed E-state index contributed by atoms with van der Waals surface area (Å²) >= 11 is 0. The Morgan fingerprint density at radius 3 is 2.76 bits per heavy atom. The number of benzene rings is 1. The van der Waals surface area contributed by atoms with Gasteiger partial charge in [-0.3, -0.25) is 4.79 Å². The van der Waals surface area contributed by atoms with Gasteiger partial charge in [-0.15, -0.1) is 0 Å². The Labute approximate surface area is 127 Å². The number of carbonyl (C=O) groups excluding carboxylic acids is 1. The highest BCUT2D eigenvalue weighted by Gasteiger charge is 2.22. The van der Waals surface area contributed by atoms with Crippen LogP contribution < -0.4 is 11.1 Å². The van der Waals surface area contributed by atoms with Crippen molar-refractivity contribution in [2.45, 2.75) is 45.1 Å². The van der Waals surface area contributed by atoms with Crippen LogP contribution in [0, 0.1) is 17.8 Å². The smallest absolute Gasteiger partial charge is 0.252 e.